The summed E-state index contributed by atoms with van der Waals surface area (Å²) in [6.45, 7) is 2.21. The predicted molar refractivity (Wildman–Crippen MR) is 115 cm³/mol. The first-order valence-electron chi connectivity index (χ1n) is 10.6. The van der Waals surface area contributed by atoms with Crippen molar-refractivity contribution in [1.82, 2.24) is 25.1 Å². The number of aromatic nitrogens is 3. The van der Waals surface area contributed by atoms with Gasteiger partial charge in [-0.1, -0.05) is 0 Å². The highest BCUT2D eigenvalue weighted by molar-refractivity contribution is 5.90. The van der Waals surface area contributed by atoms with Crippen molar-refractivity contribution >= 4 is 18.1 Å². The molecule has 10 nitrogen and oxygen atoms in total. The number of carbonyl (C=O) groups excluding carboxylic acids is 1. The lowest BCUT2D eigenvalue weighted by atomic mass is 9.90. The van der Waals surface area contributed by atoms with Gasteiger partial charge in [0.05, 0.1) is 36.5 Å². The van der Waals surface area contributed by atoms with E-state index in [9.17, 15) is 41.0 Å². The topological polar surface area (TPSA) is 136 Å². The van der Waals surface area contributed by atoms with E-state index in [1.165, 1.54) is 0 Å². The molecule has 4 N–H and O–H groups in total. The molecule has 0 radical (unpaired) electrons. The van der Waals surface area contributed by atoms with E-state index in [-0.39, 0.29) is 31.2 Å². The van der Waals surface area contributed by atoms with Crippen molar-refractivity contribution in [2.75, 3.05) is 26.3 Å². The van der Waals surface area contributed by atoms with Crippen molar-refractivity contribution in [3.05, 3.63) is 41.2 Å². The number of carboxylic acid groups (broad SMARTS) is 1. The molecular formula is C21H22F6N6O4. The number of hydrogen-bond donors (Lipinski definition) is 3. The number of nitrogens with zero attached hydrogens (tertiary/aromatic N) is 4. The Morgan fingerprint density at radius 1 is 1.19 bits per heavy atom. The number of alkyl halides is 6. The zero-order chi connectivity index (χ0) is 27.6. The summed E-state index contributed by atoms with van der Waals surface area (Å²) in [5.41, 5.74) is -2.83. The summed E-state index contributed by atoms with van der Waals surface area (Å²) in [6, 6.07) is 0.918. The van der Waals surface area contributed by atoms with E-state index in [1.807, 2.05) is 5.43 Å². The summed E-state index contributed by atoms with van der Waals surface area (Å²) in [6.07, 6.45) is -8.29. The third-order valence-electron chi connectivity index (χ3n) is 5.67. The number of carbonyl (C=O) groups is 2. The minimum absolute atomic E-state index is 0.0213. The highest BCUT2D eigenvalue weighted by atomic mass is 19.4. The highest BCUT2D eigenvalue weighted by Gasteiger charge is 2.39. The highest BCUT2D eigenvalue weighted by Crippen LogP contribution is 2.38. The van der Waals surface area contributed by atoms with Crippen LogP contribution in [0.3, 0.4) is 0 Å². The fourth-order valence-corrected chi connectivity index (χ4v) is 3.78. The minimum atomic E-state index is -5.06. The monoisotopic (exact) mass is 536 g/mol. The fraction of sp³-hybridized carbons (Fsp3) is 0.429. The number of aliphatic carboxylic acids is 1. The molecule has 37 heavy (non-hydrogen) atoms. The van der Waals surface area contributed by atoms with Crippen LogP contribution in [-0.4, -0.2) is 68.5 Å². The normalized spacial score (nSPS) is 19.6. The predicted octanol–water partition coefficient (Wildman–Crippen LogP) is 2.38. The number of amides is 1. The Kier molecular flexibility index (Phi) is 7.94. The van der Waals surface area contributed by atoms with Gasteiger partial charge in [0, 0.05) is 30.3 Å². The molecule has 1 aliphatic rings. The largest absolute Gasteiger partial charge is 0.478 e. The van der Waals surface area contributed by atoms with E-state index in [2.05, 4.69) is 10.1 Å². The van der Waals surface area contributed by atoms with Crippen molar-refractivity contribution < 1.29 is 45.8 Å². The molecule has 0 aliphatic carbocycles. The number of hydrogen-bond acceptors (Lipinski definition) is 7. The molecule has 0 saturated carbocycles. The van der Waals surface area contributed by atoms with E-state index in [1.54, 1.807) is 11.8 Å². The summed E-state index contributed by atoms with van der Waals surface area (Å²) in [4.78, 5) is 29.2. The third kappa shape index (κ3) is 6.84. The molecule has 2 aromatic rings. The van der Waals surface area contributed by atoms with Crippen LogP contribution in [0.1, 0.15) is 24.5 Å². The Morgan fingerprint density at radius 3 is 2.35 bits per heavy atom. The molecule has 16 heteroatoms. The van der Waals surface area contributed by atoms with E-state index in [0.717, 1.165) is 17.2 Å². The molecule has 202 valence electrons. The number of morpholine rings is 1. The van der Waals surface area contributed by atoms with Crippen molar-refractivity contribution in [1.29, 1.82) is 0 Å². The van der Waals surface area contributed by atoms with Crippen LogP contribution in [0.4, 0.5) is 26.3 Å². The first-order valence-corrected chi connectivity index (χ1v) is 10.6. The second-order valence-corrected chi connectivity index (χ2v) is 8.52. The molecule has 1 amide bonds. The summed E-state index contributed by atoms with van der Waals surface area (Å²) in [5.74, 6) is 2.78. The Bertz CT molecular complexity index is 1160. The van der Waals surface area contributed by atoms with Crippen molar-refractivity contribution in [2.24, 2.45) is 5.84 Å². The van der Waals surface area contributed by atoms with Crippen LogP contribution in [0.5, 0.6) is 0 Å². The molecular weight excluding hydrogens is 514 g/mol. The Labute approximate surface area is 205 Å². The molecule has 1 aromatic carbocycles. The average molecular weight is 536 g/mol. The minimum Gasteiger partial charge on any atom is -0.478 e. The SMILES string of the molecule is CC1(C/C(=C/n2cnc(-c3cc(C(F)(F)F)cc(C(F)(F)F)c3)n2)C(=O)O)COCCN1CC(=O)NN. The summed E-state index contributed by atoms with van der Waals surface area (Å²) in [5, 5.41) is 13.6. The fourth-order valence-electron chi connectivity index (χ4n) is 3.78. The number of halogens is 6. The van der Waals surface area contributed by atoms with Gasteiger partial charge < -0.3 is 9.84 Å². The molecule has 1 atom stereocenters. The maximum atomic E-state index is 13.2. The number of hydrazine groups is 1. The number of nitrogens with one attached hydrogen (secondary N) is 1. The van der Waals surface area contributed by atoms with E-state index < -0.39 is 52.3 Å². The quantitative estimate of drug-likeness (QED) is 0.161. The number of carboxylic acids is 1. The van der Waals surface area contributed by atoms with Crippen LogP contribution in [0.2, 0.25) is 0 Å². The standard InChI is InChI=1S/C21H22F6N6O4/c1-19(10-37-3-2-32(19)9-16(34)30-28)7-13(18(35)36)8-33-11-29-17(31-33)12-4-14(20(22,23)24)6-15(5-12)21(25,26)27/h4-6,8,11H,2-3,7,9-10,28H2,1H3,(H,30,34)(H,35,36)/b13-8-. The second-order valence-electron chi connectivity index (χ2n) is 8.52. The van der Waals surface area contributed by atoms with Crippen molar-refractivity contribution in [3.63, 3.8) is 0 Å². The van der Waals surface area contributed by atoms with Gasteiger partial charge in [0.1, 0.15) is 6.33 Å². The maximum Gasteiger partial charge on any atom is 0.416 e. The Hall–Kier alpha value is -3.50. The van der Waals surface area contributed by atoms with Gasteiger partial charge in [-0.2, -0.15) is 26.3 Å². The van der Waals surface area contributed by atoms with Gasteiger partial charge in [-0.25, -0.2) is 20.3 Å². The smallest absolute Gasteiger partial charge is 0.416 e. The summed E-state index contributed by atoms with van der Waals surface area (Å²) < 4.78 is 85.4. The number of benzene rings is 1. The second kappa shape index (κ2) is 10.5. The first kappa shape index (κ1) is 28.1. The van der Waals surface area contributed by atoms with E-state index in [0.29, 0.717) is 25.3 Å². The summed E-state index contributed by atoms with van der Waals surface area (Å²) >= 11 is 0. The van der Waals surface area contributed by atoms with Crippen LogP contribution in [0, 0.1) is 0 Å². The molecule has 1 saturated heterocycles. The molecule has 1 unspecified atom stereocenters. The van der Waals surface area contributed by atoms with Gasteiger partial charge in [0.25, 0.3) is 0 Å². The van der Waals surface area contributed by atoms with Crippen LogP contribution in [0.15, 0.2) is 30.1 Å². The van der Waals surface area contributed by atoms with Crippen molar-refractivity contribution in [2.45, 2.75) is 31.2 Å². The number of rotatable bonds is 7. The van der Waals surface area contributed by atoms with Gasteiger partial charge in [0.15, 0.2) is 5.82 Å². The lowest BCUT2D eigenvalue weighted by molar-refractivity contribution is -0.143. The lowest BCUT2D eigenvalue weighted by Gasteiger charge is -2.44. The average Bonchev–Trinajstić information content (AvgIpc) is 3.27. The Balaban J connectivity index is 1.95. The van der Waals surface area contributed by atoms with Crippen LogP contribution in [0.25, 0.3) is 17.6 Å². The first-order chi connectivity index (χ1) is 17.1. The molecule has 3 rings (SSSR count). The molecule has 1 fully saturated rings. The number of ether oxygens (including phenoxy) is 1. The van der Waals surface area contributed by atoms with Gasteiger partial charge >= 0.3 is 18.3 Å². The molecule has 1 aliphatic heterocycles. The zero-order valence-corrected chi connectivity index (χ0v) is 19.2. The van der Waals surface area contributed by atoms with Gasteiger partial charge in [-0.15, -0.1) is 5.10 Å². The molecule has 0 bridgehead atoms. The van der Waals surface area contributed by atoms with Crippen LogP contribution in [-0.2, 0) is 26.7 Å². The number of nitrogens with two attached hydrogens (primary N) is 1. The Morgan fingerprint density at radius 2 is 1.81 bits per heavy atom. The third-order valence-corrected chi connectivity index (χ3v) is 5.67. The maximum absolute atomic E-state index is 13.2. The lowest BCUT2D eigenvalue weighted by Crippen LogP contribution is -2.58. The molecule has 1 aromatic heterocycles. The van der Waals surface area contributed by atoms with Crippen LogP contribution >= 0.6 is 0 Å². The van der Waals surface area contributed by atoms with Gasteiger partial charge in [-0.3, -0.25) is 15.1 Å². The van der Waals surface area contributed by atoms with Gasteiger partial charge in [0.2, 0.25) is 5.91 Å². The summed E-state index contributed by atoms with van der Waals surface area (Å²) in [7, 11) is 0. The van der Waals surface area contributed by atoms with Crippen molar-refractivity contribution in [3.8, 4) is 11.4 Å². The van der Waals surface area contributed by atoms with E-state index >= 15 is 0 Å². The van der Waals surface area contributed by atoms with Gasteiger partial charge in [-0.05, 0) is 25.1 Å². The molecule has 2 heterocycles. The van der Waals surface area contributed by atoms with Crippen LogP contribution < -0.4 is 11.3 Å². The zero-order valence-electron chi connectivity index (χ0n) is 19.2. The van der Waals surface area contributed by atoms with E-state index in [4.69, 9.17) is 10.6 Å². The molecule has 0 spiro atoms.